The molecule has 6 heteroatoms. The highest BCUT2D eigenvalue weighted by Gasteiger charge is 2.10. The van der Waals surface area contributed by atoms with E-state index >= 15 is 0 Å². The van der Waals surface area contributed by atoms with E-state index in [9.17, 15) is 0 Å². The molecule has 1 aromatic rings. The lowest BCUT2D eigenvalue weighted by Crippen LogP contribution is -2.04. The van der Waals surface area contributed by atoms with Crippen LogP contribution in [0.3, 0.4) is 0 Å². The van der Waals surface area contributed by atoms with Gasteiger partial charge in [0.1, 0.15) is 6.10 Å². The molecule has 1 heterocycles. The van der Waals surface area contributed by atoms with Crippen LogP contribution in [-0.4, -0.2) is 26.2 Å². The Bertz CT molecular complexity index is 214. The Labute approximate surface area is 61.3 Å². The number of aromatic nitrogens is 2. The summed E-state index contributed by atoms with van der Waals surface area (Å²) < 4.78 is 3.68. The van der Waals surface area contributed by atoms with Gasteiger partial charge in [-0.15, -0.1) is 0 Å². The zero-order valence-electron chi connectivity index (χ0n) is 5.06. The van der Waals surface area contributed by atoms with Crippen molar-refractivity contribution in [3.63, 3.8) is 0 Å². The summed E-state index contributed by atoms with van der Waals surface area (Å²) in [5.41, 5.74) is 5.22. The fourth-order valence-corrected chi connectivity index (χ4v) is 0.948. The number of nitrogens with zero attached hydrogens (tertiary/aromatic N) is 2. The Kier molecular flexibility index (Phi) is 2.15. The molecule has 0 saturated heterocycles. The molecule has 4 N–H and O–H groups in total. The molecule has 0 aliphatic carbocycles. The molecule has 1 aromatic heterocycles. The van der Waals surface area contributed by atoms with E-state index in [1.165, 1.54) is 0 Å². The summed E-state index contributed by atoms with van der Waals surface area (Å²) in [6, 6.07) is 0. The molecule has 0 spiro atoms. The van der Waals surface area contributed by atoms with Crippen molar-refractivity contribution in [1.29, 1.82) is 0 Å². The van der Waals surface area contributed by atoms with Crippen LogP contribution in [0.1, 0.15) is 11.9 Å². The third kappa shape index (κ3) is 1.41. The van der Waals surface area contributed by atoms with E-state index in [-0.39, 0.29) is 12.4 Å². The second kappa shape index (κ2) is 2.91. The third-order valence-electron chi connectivity index (χ3n) is 0.928. The number of aliphatic hydroxyl groups is 2. The lowest BCUT2D eigenvalue weighted by molar-refractivity contribution is 0.0897. The molecule has 0 radical (unpaired) electrons. The number of aliphatic hydroxyl groups excluding tert-OH is 2. The second-order valence-electron chi connectivity index (χ2n) is 1.69. The number of hydrogen-bond donors (Lipinski definition) is 3. The number of nitrogens with two attached hydrogens (primary N) is 1. The molecule has 5 nitrogen and oxygen atoms in total. The van der Waals surface area contributed by atoms with Gasteiger partial charge in [0.2, 0.25) is 0 Å². The van der Waals surface area contributed by atoms with Crippen LogP contribution in [0.4, 0.5) is 5.13 Å². The molecule has 56 valence electrons. The van der Waals surface area contributed by atoms with Crippen molar-refractivity contribution >= 4 is 16.7 Å². The van der Waals surface area contributed by atoms with Crippen molar-refractivity contribution in [2.24, 2.45) is 0 Å². The standard InChI is InChI=1S/C4H7N3O2S/c5-4-6-3(7-10-4)2(9)1-8/h2,8-9H,1H2,(H2,5,6,7)/t2-/m1/s1. The van der Waals surface area contributed by atoms with Crippen molar-refractivity contribution in [3.8, 4) is 0 Å². The van der Waals surface area contributed by atoms with Crippen LogP contribution in [0.2, 0.25) is 0 Å². The number of nitrogen functional groups attached to an aromatic ring is 1. The fourth-order valence-electron chi connectivity index (χ4n) is 0.464. The maximum absolute atomic E-state index is 8.92. The molecule has 0 amide bonds. The molecule has 0 aliphatic heterocycles. The average Bonchev–Trinajstić information content (AvgIpc) is 2.34. The number of anilines is 1. The van der Waals surface area contributed by atoms with Gasteiger partial charge >= 0.3 is 0 Å². The molecular formula is C4H7N3O2S. The first-order chi connectivity index (χ1) is 4.74. The van der Waals surface area contributed by atoms with Crippen molar-refractivity contribution in [2.75, 3.05) is 12.3 Å². The molecule has 1 rings (SSSR count). The summed E-state index contributed by atoms with van der Waals surface area (Å²) in [6.45, 7) is -0.379. The van der Waals surface area contributed by atoms with Gasteiger partial charge in [-0.3, -0.25) is 0 Å². The van der Waals surface area contributed by atoms with Gasteiger partial charge in [0.05, 0.1) is 6.61 Å². The first-order valence-corrected chi connectivity index (χ1v) is 3.39. The second-order valence-corrected chi connectivity index (χ2v) is 2.47. The molecule has 10 heavy (non-hydrogen) atoms. The van der Waals surface area contributed by atoms with Gasteiger partial charge in [-0.1, -0.05) is 0 Å². The predicted octanol–water partition coefficient (Wildman–Crippen LogP) is -0.854. The highest BCUT2D eigenvalue weighted by molar-refractivity contribution is 7.09. The van der Waals surface area contributed by atoms with Gasteiger partial charge in [-0.25, -0.2) is 4.98 Å². The molecule has 0 fully saturated rings. The highest BCUT2D eigenvalue weighted by Crippen LogP contribution is 2.12. The van der Waals surface area contributed by atoms with Crippen LogP contribution in [0.5, 0.6) is 0 Å². The van der Waals surface area contributed by atoms with Crippen LogP contribution >= 0.6 is 11.5 Å². The van der Waals surface area contributed by atoms with Crippen molar-refractivity contribution < 1.29 is 10.2 Å². The van der Waals surface area contributed by atoms with Crippen LogP contribution < -0.4 is 5.73 Å². The molecule has 0 aromatic carbocycles. The molecule has 0 unspecified atom stereocenters. The monoisotopic (exact) mass is 161 g/mol. The summed E-state index contributed by atoms with van der Waals surface area (Å²) in [5, 5.41) is 17.6. The molecule has 1 atom stereocenters. The van der Waals surface area contributed by atoms with Gasteiger partial charge in [0, 0.05) is 11.5 Å². The van der Waals surface area contributed by atoms with E-state index < -0.39 is 6.10 Å². The molecule has 0 aliphatic rings. The normalized spacial score (nSPS) is 13.4. The first-order valence-electron chi connectivity index (χ1n) is 2.62. The van der Waals surface area contributed by atoms with Gasteiger partial charge in [-0.05, 0) is 0 Å². The SMILES string of the molecule is Nc1nc([C@H](O)CO)ns1. The molecular weight excluding hydrogens is 154 g/mol. The summed E-state index contributed by atoms with van der Waals surface area (Å²) in [6.07, 6.45) is -1.01. The smallest absolute Gasteiger partial charge is 0.200 e. The summed E-state index contributed by atoms with van der Waals surface area (Å²) in [4.78, 5) is 3.66. The summed E-state index contributed by atoms with van der Waals surface area (Å²) in [7, 11) is 0. The fraction of sp³-hybridized carbons (Fsp3) is 0.500. The minimum absolute atomic E-state index is 0.185. The summed E-state index contributed by atoms with van der Waals surface area (Å²) in [5.74, 6) is 0.185. The van der Waals surface area contributed by atoms with E-state index in [1.807, 2.05) is 0 Å². The van der Waals surface area contributed by atoms with Crippen molar-refractivity contribution in [1.82, 2.24) is 9.36 Å². The lowest BCUT2D eigenvalue weighted by atomic mass is 10.4. The maximum Gasteiger partial charge on any atom is 0.200 e. The molecule has 0 saturated carbocycles. The van der Waals surface area contributed by atoms with Crippen LogP contribution in [0, 0.1) is 0 Å². The van der Waals surface area contributed by atoms with Crippen LogP contribution in [-0.2, 0) is 0 Å². The predicted molar refractivity (Wildman–Crippen MR) is 36.4 cm³/mol. The third-order valence-corrected chi connectivity index (χ3v) is 1.49. The van der Waals surface area contributed by atoms with Crippen LogP contribution in [0.25, 0.3) is 0 Å². The lowest BCUT2D eigenvalue weighted by Gasteiger charge is -1.98. The Hall–Kier alpha value is -0.720. The summed E-state index contributed by atoms with van der Waals surface area (Å²) >= 11 is 0.994. The largest absolute Gasteiger partial charge is 0.393 e. The minimum Gasteiger partial charge on any atom is -0.393 e. The molecule has 0 bridgehead atoms. The zero-order chi connectivity index (χ0) is 7.56. The van der Waals surface area contributed by atoms with E-state index in [0.717, 1.165) is 11.5 Å². The maximum atomic E-state index is 8.92. The Morgan fingerprint density at radius 2 is 2.40 bits per heavy atom. The van der Waals surface area contributed by atoms with Gasteiger partial charge < -0.3 is 15.9 Å². The van der Waals surface area contributed by atoms with E-state index in [2.05, 4.69) is 9.36 Å². The zero-order valence-corrected chi connectivity index (χ0v) is 5.88. The van der Waals surface area contributed by atoms with E-state index in [0.29, 0.717) is 5.13 Å². The topological polar surface area (TPSA) is 92.3 Å². The quantitative estimate of drug-likeness (QED) is 0.525. The van der Waals surface area contributed by atoms with Crippen molar-refractivity contribution in [3.05, 3.63) is 5.82 Å². The highest BCUT2D eigenvalue weighted by atomic mass is 32.1. The van der Waals surface area contributed by atoms with Crippen LogP contribution in [0.15, 0.2) is 0 Å². The van der Waals surface area contributed by atoms with Gasteiger partial charge in [-0.2, -0.15) is 4.37 Å². The number of rotatable bonds is 2. The van der Waals surface area contributed by atoms with Gasteiger partial charge in [0.15, 0.2) is 11.0 Å². The first kappa shape index (κ1) is 7.39. The van der Waals surface area contributed by atoms with Gasteiger partial charge in [0.25, 0.3) is 0 Å². The average molecular weight is 161 g/mol. The van der Waals surface area contributed by atoms with E-state index in [1.54, 1.807) is 0 Å². The minimum atomic E-state index is -1.01. The Morgan fingerprint density at radius 3 is 2.80 bits per heavy atom. The van der Waals surface area contributed by atoms with Crippen molar-refractivity contribution in [2.45, 2.75) is 6.10 Å². The Balaban J connectivity index is 2.74. The number of hydrogen-bond acceptors (Lipinski definition) is 6. The Morgan fingerprint density at radius 1 is 1.70 bits per heavy atom. The van der Waals surface area contributed by atoms with E-state index in [4.69, 9.17) is 15.9 Å².